The second kappa shape index (κ2) is 8.22. The second-order valence-corrected chi connectivity index (χ2v) is 7.89. The number of carbonyl (C=O) groups excluding carboxylic acids is 1. The lowest BCUT2D eigenvalue weighted by molar-refractivity contribution is -0.0100. The summed E-state index contributed by atoms with van der Waals surface area (Å²) in [6, 6.07) is 17.6. The molecule has 8 nitrogen and oxygen atoms in total. The summed E-state index contributed by atoms with van der Waals surface area (Å²) in [5, 5.41) is 12.4. The van der Waals surface area contributed by atoms with Gasteiger partial charge in [-0.05, 0) is 35.2 Å². The number of fused-ring (bicyclic) bond motifs is 3. The Balaban J connectivity index is 1.24. The molecular weight excluding hydrogens is 410 g/mol. The molecule has 2 heterocycles. The highest BCUT2D eigenvalue weighted by atomic mass is 16.5. The number of amides is 1. The Morgan fingerprint density at radius 1 is 1.22 bits per heavy atom. The van der Waals surface area contributed by atoms with Gasteiger partial charge in [0, 0.05) is 19.9 Å². The number of aliphatic hydroxyl groups excluding tert-OH is 1. The van der Waals surface area contributed by atoms with Gasteiger partial charge in [0.1, 0.15) is 18.7 Å². The summed E-state index contributed by atoms with van der Waals surface area (Å²) in [5.74, 6) is -0.0101. The lowest BCUT2D eigenvalue weighted by Gasteiger charge is -2.15. The third-order valence-corrected chi connectivity index (χ3v) is 5.92. The number of anilines is 1. The first-order valence-electron chi connectivity index (χ1n) is 11.1. The van der Waals surface area contributed by atoms with E-state index in [0.29, 0.717) is 0 Å². The van der Waals surface area contributed by atoms with Gasteiger partial charge in [-0.3, -0.25) is 9.88 Å². The van der Waals surface area contributed by atoms with E-state index in [4.69, 9.17) is 10.8 Å². The number of aromatic nitrogens is 2. The monoisotopic (exact) mass is 434 g/mol. The fourth-order valence-electron chi connectivity index (χ4n) is 4.33. The maximum Gasteiger partial charge on any atom is 0.412 e. The minimum absolute atomic E-state index is 0.0593. The molecular formula is C24H23N3O5. The van der Waals surface area contributed by atoms with Crippen LogP contribution >= 0.6 is 0 Å². The normalized spacial score (nSPS) is 22.2. The zero-order valence-electron chi connectivity index (χ0n) is 18.2. The number of carbonyl (C=O) groups is 1. The van der Waals surface area contributed by atoms with Gasteiger partial charge >= 0.3 is 11.8 Å². The number of ether oxygens (including phenoxy) is 2. The molecule has 0 bridgehead atoms. The van der Waals surface area contributed by atoms with Crippen molar-refractivity contribution in [2.24, 2.45) is 0 Å². The molecule has 5 rings (SSSR count). The largest absolute Gasteiger partial charge is 0.448 e. The van der Waals surface area contributed by atoms with Crippen LogP contribution in [0, 0.1) is 0 Å². The smallest absolute Gasteiger partial charge is 0.412 e. The molecule has 164 valence electrons. The molecule has 3 atom stereocenters. The predicted octanol–water partition coefficient (Wildman–Crippen LogP) is 3.27. The summed E-state index contributed by atoms with van der Waals surface area (Å²) in [6.07, 6.45) is -1.21. The molecule has 1 aliphatic heterocycles. The van der Waals surface area contributed by atoms with Crippen LogP contribution in [0.15, 0.2) is 65.6 Å². The van der Waals surface area contributed by atoms with Gasteiger partial charge in [0.15, 0.2) is 0 Å². The highest BCUT2D eigenvalue weighted by molar-refractivity contribution is 5.83. The zero-order valence-corrected chi connectivity index (χ0v) is 17.2. The summed E-state index contributed by atoms with van der Waals surface area (Å²) in [5.41, 5.74) is 3.86. The number of rotatable bonds is 4. The van der Waals surface area contributed by atoms with Crippen molar-refractivity contribution >= 4 is 11.9 Å². The molecule has 8 heteroatoms. The molecule has 1 aromatic heterocycles. The van der Waals surface area contributed by atoms with Crippen LogP contribution in [-0.2, 0) is 9.47 Å². The Morgan fingerprint density at radius 2 is 1.91 bits per heavy atom. The van der Waals surface area contributed by atoms with Crippen LogP contribution in [0.3, 0.4) is 0 Å². The maximum atomic E-state index is 12.4. The molecule has 1 fully saturated rings. The molecule has 1 unspecified atom stereocenters. The molecule has 0 saturated carbocycles. The van der Waals surface area contributed by atoms with Crippen LogP contribution in [0.4, 0.5) is 10.6 Å². The van der Waals surface area contributed by atoms with Gasteiger partial charge in [-0.25, -0.2) is 9.59 Å². The van der Waals surface area contributed by atoms with Crippen molar-refractivity contribution < 1.29 is 20.7 Å². The Bertz CT molecular complexity index is 1200. The van der Waals surface area contributed by atoms with Crippen LogP contribution < -0.4 is 11.0 Å². The van der Waals surface area contributed by atoms with E-state index in [1.807, 2.05) is 36.4 Å². The molecule has 1 amide bonds. The molecule has 0 spiro atoms. The van der Waals surface area contributed by atoms with E-state index >= 15 is 0 Å². The van der Waals surface area contributed by atoms with Crippen molar-refractivity contribution in [3.63, 3.8) is 0 Å². The fourth-order valence-corrected chi connectivity index (χ4v) is 4.33. The molecule has 0 radical (unpaired) electrons. The first kappa shape index (κ1) is 19.2. The minimum Gasteiger partial charge on any atom is -0.448 e. The number of benzene rings is 2. The van der Waals surface area contributed by atoms with Crippen molar-refractivity contribution in [1.29, 1.82) is 0 Å². The SMILES string of the molecule is [2H]C[C@H]1O[C@@H](n2ccc(NC(=O)OCC3c4ccccc4-c4ccccc43)nc2=O)CC1O. The Kier molecular flexibility index (Phi) is 4.93. The van der Waals surface area contributed by atoms with E-state index in [0.717, 1.165) is 22.3 Å². The molecule has 2 aliphatic rings. The number of hydrogen-bond acceptors (Lipinski definition) is 6. The van der Waals surface area contributed by atoms with Crippen LogP contribution in [0.5, 0.6) is 0 Å². The lowest BCUT2D eigenvalue weighted by Crippen LogP contribution is -2.28. The highest BCUT2D eigenvalue weighted by Gasteiger charge is 2.32. The van der Waals surface area contributed by atoms with E-state index in [9.17, 15) is 14.7 Å². The summed E-state index contributed by atoms with van der Waals surface area (Å²) in [7, 11) is 0. The van der Waals surface area contributed by atoms with Gasteiger partial charge in [-0.15, -0.1) is 0 Å². The van der Waals surface area contributed by atoms with Gasteiger partial charge in [-0.1, -0.05) is 48.5 Å². The number of nitrogens with one attached hydrogen (secondary N) is 1. The molecule has 32 heavy (non-hydrogen) atoms. The number of hydrogen-bond donors (Lipinski definition) is 2. The van der Waals surface area contributed by atoms with Crippen molar-refractivity contribution in [2.45, 2.75) is 37.7 Å². The lowest BCUT2D eigenvalue weighted by atomic mass is 9.98. The highest BCUT2D eigenvalue weighted by Crippen LogP contribution is 2.44. The first-order valence-corrected chi connectivity index (χ1v) is 10.4. The van der Waals surface area contributed by atoms with E-state index in [1.54, 1.807) is 0 Å². The molecule has 1 aliphatic carbocycles. The zero-order chi connectivity index (χ0) is 22.9. The standard InChI is InChI=1S/C24H23N3O5/c1-14-20(28)12-22(32-14)27-11-10-21(25-23(27)29)26-24(30)31-13-19-17-8-4-2-6-15(17)16-7-3-5-9-18(16)19/h2-11,14,19-20,22,28H,12-13H2,1H3,(H,25,26,29,30)/t14-,20?,22-/m1/s1/i1D. The van der Waals surface area contributed by atoms with E-state index < -0.39 is 30.2 Å². The van der Waals surface area contributed by atoms with Crippen molar-refractivity contribution in [3.05, 3.63) is 82.4 Å². The Labute approximate surface area is 185 Å². The van der Waals surface area contributed by atoms with Gasteiger partial charge in [0.2, 0.25) is 0 Å². The summed E-state index contributed by atoms with van der Waals surface area (Å²) >= 11 is 0. The van der Waals surface area contributed by atoms with Gasteiger partial charge in [0.05, 0.1) is 12.2 Å². The Hall–Kier alpha value is -3.49. The van der Waals surface area contributed by atoms with Gasteiger partial charge < -0.3 is 14.6 Å². The van der Waals surface area contributed by atoms with E-state index in [-0.39, 0.29) is 31.7 Å². The summed E-state index contributed by atoms with van der Waals surface area (Å²) in [6.45, 7) is 0.0561. The average Bonchev–Trinajstić information content (AvgIpc) is 3.35. The minimum atomic E-state index is -0.807. The van der Waals surface area contributed by atoms with E-state index in [1.165, 1.54) is 16.8 Å². The van der Waals surface area contributed by atoms with Crippen LogP contribution in [0.2, 0.25) is 0 Å². The maximum absolute atomic E-state index is 12.4. The average molecular weight is 434 g/mol. The number of nitrogens with zero attached hydrogens (tertiary/aromatic N) is 2. The van der Waals surface area contributed by atoms with Crippen LogP contribution in [-0.4, -0.2) is 39.6 Å². The fraction of sp³-hybridized carbons (Fsp3) is 0.292. The quantitative estimate of drug-likeness (QED) is 0.653. The third-order valence-electron chi connectivity index (χ3n) is 5.92. The van der Waals surface area contributed by atoms with Crippen LogP contribution in [0.25, 0.3) is 11.1 Å². The third kappa shape index (κ3) is 3.68. The summed E-state index contributed by atoms with van der Waals surface area (Å²) < 4.78 is 19.6. The van der Waals surface area contributed by atoms with Gasteiger partial charge in [-0.2, -0.15) is 4.98 Å². The van der Waals surface area contributed by atoms with Crippen LogP contribution in [0.1, 0.15) is 38.0 Å². The molecule has 2 N–H and O–H groups in total. The number of aliphatic hydroxyl groups is 1. The molecule has 1 saturated heterocycles. The predicted molar refractivity (Wildman–Crippen MR) is 117 cm³/mol. The first-order chi connectivity index (χ1) is 16.0. The van der Waals surface area contributed by atoms with Crippen molar-refractivity contribution in [1.82, 2.24) is 9.55 Å². The van der Waals surface area contributed by atoms with E-state index in [2.05, 4.69) is 22.4 Å². The van der Waals surface area contributed by atoms with Crippen molar-refractivity contribution in [2.75, 3.05) is 11.9 Å². The summed E-state index contributed by atoms with van der Waals surface area (Å²) in [4.78, 5) is 28.7. The second-order valence-electron chi connectivity index (χ2n) is 7.89. The molecule has 2 aromatic carbocycles. The van der Waals surface area contributed by atoms with Crippen molar-refractivity contribution in [3.8, 4) is 11.1 Å². The molecule has 3 aromatic rings. The van der Waals surface area contributed by atoms with Gasteiger partial charge in [0.25, 0.3) is 0 Å². The Morgan fingerprint density at radius 3 is 2.53 bits per heavy atom. The topological polar surface area (TPSA) is 103 Å².